The number of carboxylic acid groups (broad SMARTS) is 1. The van der Waals surface area contributed by atoms with Gasteiger partial charge in [-0.1, -0.05) is 24.3 Å². The first-order valence-corrected chi connectivity index (χ1v) is 8.88. The highest BCUT2D eigenvalue weighted by Crippen LogP contribution is 2.33. The zero-order valence-corrected chi connectivity index (χ0v) is 15.3. The number of ether oxygens (including phenoxy) is 2. The molecule has 1 aliphatic heterocycles. The summed E-state index contributed by atoms with van der Waals surface area (Å²) in [5.41, 5.74) is 2.66. The minimum absolute atomic E-state index is 0.336. The van der Waals surface area contributed by atoms with Crippen LogP contribution in [-0.2, 0) is 6.54 Å². The Kier molecular flexibility index (Phi) is 5.78. The number of hydrogen-bond acceptors (Lipinski definition) is 4. The van der Waals surface area contributed by atoms with Crippen LogP contribution >= 0.6 is 0 Å². The average molecular weight is 355 g/mol. The van der Waals surface area contributed by atoms with Crippen molar-refractivity contribution in [1.82, 2.24) is 4.90 Å². The Labute approximate surface area is 154 Å². The van der Waals surface area contributed by atoms with Gasteiger partial charge in [0.2, 0.25) is 0 Å². The molecule has 0 radical (unpaired) electrons. The number of likely N-dealkylation sites (tertiary alicyclic amines) is 1. The van der Waals surface area contributed by atoms with Crippen molar-refractivity contribution >= 4 is 5.97 Å². The van der Waals surface area contributed by atoms with Gasteiger partial charge >= 0.3 is 5.97 Å². The first-order valence-electron chi connectivity index (χ1n) is 8.88. The minimum atomic E-state index is -0.882. The maximum absolute atomic E-state index is 11.0. The Balaban J connectivity index is 1.72. The highest BCUT2D eigenvalue weighted by Gasteiger charge is 2.23. The fourth-order valence-electron chi connectivity index (χ4n) is 3.69. The first-order chi connectivity index (χ1) is 12.6. The number of nitrogens with zero attached hydrogens (tertiary/aromatic N) is 1. The van der Waals surface area contributed by atoms with E-state index in [1.54, 1.807) is 26.4 Å². The molecule has 1 heterocycles. The molecule has 1 saturated heterocycles. The van der Waals surface area contributed by atoms with Gasteiger partial charge in [-0.15, -0.1) is 0 Å². The van der Waals surface area contributed by atoms with Crippen LogP contribution in [0.5, 0.6) is 11.5 Å². The molecule has 1 aliphatic rings. The number of benzene rings is 2. The van der Waals surface area contributed by atoms with Gasteiger partial charge in [0.25, 0.3) is 0 Å². The maximum atomic E-state index is 11.0. The largest absolute Gasteiger partial charge is 0.493 e. The smallest absolute Gasteiger partial charge is 0.335 e. The zero-order valence-electron chi connectivity index (χ0n) is 15.3. The molecular formula is C21H25NO4. The van der Waals surface area contributed by atoms with Crippen LogP contribution in [0.15, 0.2) is 42.5 Å². The van der Waals surface area contributed by atoms with E-state index in [1.807, 2.05) is 24.3 Å². The Morgan fingerprint density at radius 1 is 1.15 bits per heavy atom. The molecule has 5 heteroatoms. The molecule has 1 N–H and O–H groups in total. The van der Waals surface area contributed by atoms with Crippen LogP contribution in [0.4, 0.5) is 0 Å². The normalized spacial score (nSPS) is 17.7. The van der Waals surface area contributed by atoms with E-state index in [1.165, 1.54) is 5.56 Å². The Hall–Kier alpha value is -2.53. The van der Waals surface area contributed by atoms with Crippen LogP contribution in [0.25, 0.3) is 0 Å². The summed E-state index contributed by atoms with van der Waals surface area (Å²) < 4.78 is 10.9. The van der Waals surface area contributed by atoms with Gasteiger partial charge in [-0.05, 0) is 49.1 Å². The number of piperidine rings is 1. The number of hydrogen-bond donors (Lipinski definition) is 1. The molecule has 0 spiro atoms. The van der Waals surface area contributed by atoms with Gasteiger partial charge in [-0.25, -0.2) is 4.79 Å². The van der Waals surface area contributed by atoms with Gasteiger partial charge in [0.15, 0.2) is 11.5 Å². The van der Waals surface area contributed by atoms with Crippen molar-refractivity contribution in [2.24, 2.45) is 0 Å². The van der Waals surface area contributed by atoms with E-state index >= 15 is 0 Å². The van der Waals surface area contributed by atoms with E-state index in [-0.39, 0.29) is 0 Å². The fraction of sp³-hybridized carbons (Fsp3) is 0.381. The van der Waals surface area contributed by atoms with Crippen molar-refractivity contribution in [3.05, 3.63) is 59.2 Å². The van der Waals surface area contributed by atoms with Gasteiger partial charge in [0.05, 0.1) is 19.8 Å². The van der Waals surface area contributed by atoms with Crippen LogP contribution < -0.4 is 9.47 Å². The SMILES string of the molecule is COc1cccc(CN2CCC[C@@H](c3ccc(C(=O)O)cc3)C2)c1OC. The second-order valence-electron chi connectivity index (χ2n) is 6.65. The number of carboxylic acids is 1. The lowest BCUT2D eigenvalue weighted by Crippen LogP contribution is -2.34. The van der Waals surface area contributed by atoms with E-state index in [4.69, 9.17) is 14.6 Å². The van der Waals surface area contributed by atoms with Crippen molar-refractivity contribution < 1.29 is 19.4 Å². The van der Waals surface area contributed by atoms with Gasteiger partial charge in [-0.2, -0.15) is 0 Å². The van der Waals surface area contributed by atoms with Crippen molar-refractivity contribution in [3.8, 4) is 11.5 Å². The molecule has 0 amide bonds. The molecule has 5 nitrogen and oxygen atoms in total. The van der Waals surface area contributed by atoms with Crippen LogP contribution in [0.3, 0.4) is 0 Å². The molecule has 2 aromatic carbocycles. The average Bonchev–Trinajstić information content (AvgIpc) is 2.68. The summed E-state index contributed by atoms with van der Waals surface area (Å²) >= 11 is 0. The Bertz CT molecular complexity index is 757. The molecule has 138 valence electrons. The third-order valence-corrected chi connectivity index (χ3v) is 5.01. The topological polar surface area (TPSA) is 59.0 Å². The second-order valence-corrected chi connectivity index (χ2v) is 6.65. The summed E-state index contributed by atoms with van der Waals surface area (Å²) in [5.74, 6) is 1.08. The third kappa shape index (κ3) is 3.99. The molecule has 0 unspecified atom stereocenters. The Morgan fingerprint density at radius 2 is 1.92 bits per heavy atom. The van der Waals surface area contributed by atoms with Gasteiger partial charge < -0.3 is 14.6 Å². The molecule has 0 aromatic heterocycles. The fourth-order valence-corrected chi connectivity index (χ4v) is 3.69. The third-order valence-electron chi connectivity index (χ3n) is 5.01. The molecule has 3 rings (SSSR count). The van der Waals surface area contributed by atoms with Gasteiger partial charge in [-0.3, -0.25) is 4.90 Å². The quantitative estimate of drug-likeness (QED) is 0.854. The van der Waals surface area contributed by atoms with Crippen LogP contribution in [0.1, 0.15) is 40.2 Å². The molecular weight excluding hydrogens is 330 g/mol. The molecule has 2 aromatic rings. The summed E-state index contributed by atoms with van der Waals surface area (Å²) in [6.45, 7) is 2.81. The van der Waals surface area contributed by atoms with Gasteiger partial charge in [0, 0.05) is 18.7 Å². The van der Waals surface area contributed by atoms with E-state index < -0.39 is 5.97 Å². The van der Waals surface area contributed by atoms with Crippen molar-refractivity contribution in [2.75, 3.05) is 27.3 Å². The predicted octanol–water partition coefficient (Wildman–Crippen LogP) is 3.78. The summed E-state index contributed by atoms with van der Waals surface area (Å²) in [6, 6.07) is 13.3. The van der Waals surface area contributed by atoms with E-state index in [0.717, 1.165) is 49.5 Å². The lowest BCUT2D eigenvalue weighted by molar-refractivity contribution is 0.0697. The monoisotopic (exact) mass is 355 g/mol. The molecule has 26 heavy (non-hydrogen) atoms. The van der Waals surface area contributed by atoms with Crippen molar-refractivity contribution in [1.29, 1.82) is 0 Å². The van der Waals surface area contributed by atoms with E-state index in [0.29, 0.717) is 11.5 Å². The highest BCUT2D eigenvalue weighted by molar-refractivity contribution is 5.87. The maximum Gasteiger partial charge on any atom is 0.335 e. The van der Waals surface area contributed by atoms with E-state index in [9.17, 15) is 4.79 Å². The highest BCUT2D eigenvalue weighted by atomic mass is 16.5. The summed E-state index contributed by atoms with van der Waals surface area (Å²) in [4.78, 5) is 13.5. The molecule has 0 aliphatic carbocycles. The lowest BCUT2D eigenvalue weighted by atomic mass is 9.90. The van der Waals surface area contributed by atoms with Crippen LogP contribution in [0, 0.1) is 0 Å². The summed E-state index contributed by atoms with van der Waals surface area (Å²) in [5, 5.41) is 9.05. The van der Waals surface area contributed by atoms with Gasteiger partial charge in [0.1, 0.15) is 0 Å². The zero-order chi connectivity index (χ0) is 18.5. The molecule has 0 bridgehead atoms. The predicted molar refractivity (Wildman–Crippen MR) is 100 cm³/mol. The first kappa shape index (κ1) is 18.3. The van der Waals surface area contributed by atoms with Crippen molar-refractivity contribution in [3.63, 3.8) is 0 Å². The number of para-hydroxylation sites is 1. The van der Waals surface area contributed by atoms with Crippen molar-refractivity contribution in [2.45, 2.75) is 25.3 Å². The lowest BCUT2D eigenvalue weighted by Gasteiger charge is -2.33. The van der Waals surface area contributed by atoms with Crippen LogP contribution in [-0.4, -0.2) is 43.3 Å². The standard InChI is InChI=1S/C21H25NO4/c1-25-19-7-3-5-18(20(19)26-2)14-22-12-4-6-17(13-22)15-8-10-16(11-9-15)21(23)24/h3,5,7-11,17H,4,6,12-14H2,1-2H3,(H,23,24)/t17-/m1/s1. The number of rotatable bonds is 6. The van der Waals surface area contributed by atoms with E-state index in [2.05, 4.69) is 11.0 Å². The number of methoxy groups -OCH3 is 2. The number of aromatic carboxylic acids is 1. The van der Waals surface area contributed by atoms with Crippen LogP contribution in [0.2, 0.25) is 0 Å². The Morgan fingerprint density at radius 3 is 2.58 bits per heavy atom. The second kappa shape index (κ2) is 8.23. The summed E-state index contributed by atoms with van der Waals surface area (Å²) in [7, 11) is 3.32. The molecule has 1 atom stereocenters. The number of carbonyl (C=O) groups is 1. The minimum Gasteiger partial charge on any atom is -0.493 e. The summed E-state index contributed by atoms with van der Waals surface area (Å²) in [6.07, 6.45) is 2.25. The molecule has 1 fully saturated rings. The molecule has 0 saturated carbocycles.